The van der Waals surface area contributed by atoms with E-state index >= 15 is 0 Å². The van der Waals surface area contributed by atoms with Crippen molar-refractivity contribution in [2.45, 2.75) is 38.1 Å². The smallest absolute Gasteiger partial charge is 0.223 e. The Labute approximate surface area is 90.8 Å². The molecule has 0 aliphatic heterocycles. The van der Waals surface area contributed by atoms with Crippen molar-refractivity contribution in [3.8, 4) is 0 Å². The van der Waals surface area contributed by atoms with Crippen molar-refractivity contribution in [3.05, 3.63) is 0 Å². The second kappa shape index (κ2) is 3.48. The quantitative estimate of drug-likeness (QED) is 0.721. The molecule has 3 nitrogen and oxygen atoms in total. The number of nitrogens with two attached hydrogens (primary N) is 1. The minimum atomic E-state index is 0.259. The fourth-order valence-corrected chi connectivity index (χ4v) is 3.10. The first kappa shape index (κ1) is 9.64. The molecule has 0 aromatic rings. The molecule has 15 heavy (non-hydrogen) atoms. The van der Waals surface area contributed by atoms with E-state index in [4.69, 9.17) is 5.73 Å². The number of rotatable bonds is 4. The van der Waals surface area contributed by atoms with Gasteiger partial charge >= 0.3 is 0 Å². The highest BCUT2D eigenvalue weighted by Gasteiger charge is 2.48. The molecule has 3 fully saturated rings. The van der Waals surface area contributed by atoms with Crippen LogP contribution in [0.4, 0.5) is 0 Å². The fraction of sp³-hybridized carbons (Fsp3) is 0.917. The third-order valence-electron chi connectivity index (χ3n) is 4.39. The second-order valence-electron chi connectivity index (χ2n) is 5.61. The molecule has 3 saturated carbocycles. The first-order chi connectivity index (χ1) is 7.28. The molecule has 0 aromatic carbocycles. The van der Waals surface area contributed by atoms with Gasteiger partial charge in [-0.25, -0.2) is 0 Å². The SMILES string of the molecule is NCC(NC(=O)C1CC2CC2C1)C1CC1. The predicted octanol–water partition coefficient (Wildman–Crippen LogP) is 0.886. The van der Waals surface area contributed by atoms with Gasteiger partial charge in [0.2, 0.25) is 5.91 Å². The van der Waals surface area contributed by atoms with Gasteiger partial charge in [0.05, 0.1) is 0 Å². The van der Waals surface area contributed by atoms with Gasteiger partial charge in [-0.15, -0.1) is 0 Å². The van der Waals surface area contributed by atoms with Crippen molar-refractivity contribution in [1.29, 1.82) is 0 Å². The molecule has 84 valence electrons. The van der Waals surface area contributed by atoms with E-state index in [1.165, 1.54) is 19.3 Å². The van der Waals surface area contributed by atoms with Gasteiger partial charge in [0, 0.05) is 18.5 Å². The molecule has 0 spiro atoms. The average molecular weight is 208 g/mol. The molecule has 3 rings (SSSR count). The molecule has 0 saturated heterocycles. The summed E-state index contributed by atoms with van der Waals surface area (Å²) in [6.07, 6.45) is 6.15. The maximum absolute atomic E-state index is 11.9. The van der Waals surface area contributed by atoms with Crippen LogP contribution in [-0.4, -0.2) is 18.5 Å². The predicted molar refractivity (Wildman–Crippen MR) is 58.0 cm³/mol. The van der Waals surface area contributed by atoms with E-state index in [0.717, 1.165) is 24.7 Å². The maximum atomic E-state index is 11.9. The number of hydrogen-bond acceptors (Lipinski definition) is 2. The number of fused-ring (bicyclic) bond motifs is 1. The van der Waals surface area contributed by atoms with Crippen molar-refractivity contribution in [2.75, 3.05) is 6.54 Å². The highest BCUT2D eigenvalue weighted by molar-refractivity contribution is 5.79. The minimum Gasteiger partial charge on any atom is -0.352 e. The molecule has 0 radical (unpaired) electrons. The van der Waals surface area contributed by atoms with E-state index in [1.54, 1.807) is 0 Å². The summed E-state index contributed by atoms with van der Waals surface area (Å²) >= 11 is 0. The number of carbonyl (C=O) groups is 1. The number of nitrogens with one attached hydrogen (secondary N) is 1. The number of amides is 1. The van der Waals surface area contributed by atoms with Crippen LogP contribution in [0, 0.1) is 23.7 Å². The molecule has 0 bridgehead atoms. The zero-order valence-electron chi connectivity index (χ0n) is 9.11. The van der Waals surface area contributed by atoms with Crippen LogP contribution in [0.2, 0.25) is 0 Å². The standard InChI is InChI=1S/C12H20N2O/c13-6-11(7-1-2-7)14-12(15)10-4-8-3-9(8)5-10/h7-11H,1-6,13H2,(H,14,15). The Morgan fingerprint density at radius 1 is 1.27 bits per heavy atom. The van der Waals surface area contributed by atoms with Crippen LogP contribution in [0.25, 0.3) is 0 Å². The molecule has 0 heterocycles. The van der Waals surface area contributed by atoms with E-state index in [1.807, 2.05) is 0 Å². The molecule has 3 N–H and O–H groups in total. The van der Waals surface area contributed by atoms with Crippen LogP contribution < -0.4 is 11.1 Å². The first-order valence-corrected chi connectivity index (χ1v) is 6.28. The van der Waals surface area contributed by atoms with Crippen molar-refractivity contribution < 1.29 is 4.79 Å². The number of hydrogen-bond donors (Lipinski definition) is 2. The van der Waals surface area contributed by atoms with Crippen LogP contribution in [0.15, 0.2) is 0 Å². The van der Waals surface area contributed by atoms with Gasteiger partial charge in [-0.05, 0) is 49.9 Å². The van der Waals surface area contributed by atoms with Crippen molar-refractivity contribution >= 4 is 5.91 Å². The highest BCUT2D eigenvalue weighted by atomic mass is 16.2. The Balaban J connectivity index is 1.51. The molecule has 3 unspecified atom stereocenters. The molecule has 3 aliphatic rings. The molecule has 0 aromatic heterocycles. The lowest BCUT2D eigenvalue weighted by molar-refractivity contribution is -0.125. The summed E-state index contributed by atoms with van der Waals surface area (Å²) in [4.78, 5) is 11.9. The molecular formula is C12H20N2O. The van der Waals surface area contributed by atoms with E-state index in [2.05, 4.69) is 5.32 Å². The maximum Gasteiger partial charge on any atom is 0.223 e. The Kier molecular flexibility index (Phi) is 2.23. The summed E-state index contributed by atoms with van der Waals surface area (Å²) in [5.41, 5.74) is 5.68. The summed E-state index contributed by atoms with van der Waals surface area (Å²) in [6, 6.07) is 0.259. The van der Waals surface area contributed by atoms with E-state index < -0.39 is 0 Å². The second-order valence-corrected chi connectivity index (χ2v) is 5.61. The van der Waals surface area contributed by atoms with Gasteiger partial charge in [0.15, 0.2) is 0 Å². The van der Waals surface area contributed by atoms with Crippen LogP contribution >= 0.6 is 0 Å². The summed E-state index contributed by atoms with van der Waals surface area (Å²) in [5, 5.41) is 3.15. The zero-order valence-corrected chi connectivity index (χ0v) is 9.11. The molecular weight excluding hydrogens is 188 g/mol. The summed E-state index contributed by atoms with van der Waals surface area (Å²) in [6.45, 7) is 0.607. The summed E-state index contributed by atoms with van der Waals surface area (Å²) < 4.78 is 0. The van der Waals surface area contributed by atoms with Crippen LogP contribution in [0.5, 0.6) is 0 Å². The topological polar surface area (TPSA) is 55.1 Å². The number of carbonyl (C=O) groups excluding carboxylic acids is 1. The highest BCUT2D eigenvalue weighted by Crippen LogP contribution is 2.54. The lowest BCUT2D eigenvalue weighted by Crippen LogP contribution is -2.44. The minimum absolute atomic E-state index is 0.259. The zero-order chi connectivity index (χ0) is 10.4. The normalized spacial score (nSPS) is 39.7. The van der Waals surface area contributed by atoms with Crippen molar-refractivity contribution in [2.24, 2.45) is 29.4 Å². The van der Waals surface area contributed by atoms with E-state index in [0.29, 0.717) is 18.4 Å². The van der Waals surface area contributed by atoms with E-state index in [9.17, 15) is 4.79 Å². The third-order valence-corrected chi connectivity index (χ3v) is 4.39. The Bertz CT molecular complexity index is 265. The van der Waals surface area contributed by atoms with Gasteiger partial charge in [-0.2, -0.15) is 0 Å². The fourth-order valence-electron chi connectivity index (χ4n) is 3.10. The summed E-state index contributed by atoms with van der Waals surface area (Å²) in [7, 11) is 0. The Morgan fingerprint density at radius 2 is 1.93 bits per heavy atom. The Morgan fingerprint density at radius 3 is 2.47 bits per heavy atom. The van der Waals surface area contributed by atoms with E-state index in [-0.39, 0.29) is 11.9 Å². The average Bonchev–Trinajstić information content (AvgIpc) is 3.15. The molecule has 3 atom stereocenters. The van der Waals surface area contributed by atoms with Crippen molar-refractivity contribution in [1.82, 2.24) is 5.32 Å². The first-order valence-electron chi connectivity index (χ1n) is 6.28. The van der Waals surface area contributed by atoms with Gasteiger partial charge in [-0.3, -0.25) is 4.79 Å². The van der Waals surface area contributed by atoms with Crippen LogP contribution in [0.1, 0.15) is 32.1 Å². The van der Waals surface area contributed by atoms with Gasteiger partial charge < -0.3 is 11.1 Å². The third kappa shape index (κ3) is 1.89. The largest absolute Gasteiger partial charge is 0.352 e. The van der Waals surface area contributed by atoms with Crippen LogP contribution in [-0.2, 0) is 4.79 Å². The van der Waals surface area contributed by atoms with Gasteiger partial charge in [0.25, 0.3) is 0 Å². The molecule has 3 heteroatoms. The lowest BCUT2D eigenvalue weighted by atomic mass is 10.0. The molecule has 1 amide bonds. The molecule has 3 aliphatic carbocycles. The Hall–Kier alpha value is -0.570. The van der Waals surface area contributed by atoms with Gasteiger partial charge in [-0.1, -0.05) is 0 Å². The van der Waals surface area contributed by atoms with Gasteiger partial charge in [0.1, 0.15) is 0 Å². The van der Waals surface area contributed by atoms with Crippen LogP contribution in [0.3, 0.4) is 0 Å². The summed E-state index contributed by atoms with van der Waals surface area (Å²) in [5.74, 6) is 3.04. The van der Waals surface area contributed by atoms with Crippen molar-refractivity contribution in [3.63, 3.8) is 0 Å². The lowest BCUT2D eigenvalue weighted by Gasteiger charge is -2.19. The monoisotopic (exact) mass is 208 g/mol.